The number of rotatable bonds is 7. The molecular formula is C18H22N2O4S. The van der Waals surface area contributed by atoms with E-state index in [1.807, 2.05) is 24.3 Å². The molecular weight excluding hydrogens is 340 g/mol. The number of carbonyl (C=O) groups is 1. The number of nitrogens with zero attached hydrogens (tertiary/aromatic N) is 1. The van der Waals surface area contributed by atoms with Gasteiger partial charge in [0.25, 0.3) is 5.91 Å². The number of hydrogen-bond acceptors (Lipinski definition) is 4. The van der Waals surface area contributed by atoms with Crippen LogP contribution in [-0.2, 0) is 16.6 Å². The molecule has 0 unspecified atom stereocenters. The Labute approximate surface area is 148 Å². The van der Waals surface area contributed by atoms with Crippen molar-refractivity contribution < 1.29 is 17.9 Å². The summed E-state index contributed by atoms with van der Waals surface area (Å²) in [5.41, 5.74) is 1.97. The first-order valence-electron chi connectivity index (χ1n) is 7.84. The van der Waals surface area contributed by atoms with E-state index in [0.29, 0.717) is 24.3 Å². The predicted molar refractivity (Wildman–Crippen MR) is 98.5 cm³/mol. The Kier molecular flexibility index (Phi) is 6.03. The summed E-state index contributed by atoms with van der Waals surface area (Å²) < 4.78 is 29.8. The van der Waals surface area contributed by atoms with Gasteiger partial charge in [0.1, 0.15) is 5.75 Å². The molecule has 2 rings (SSSR count). The highest BCUT2D eigenvalue weighted by Gasteiger charge is 2.15. The smallest absolute Gasteiger partial charge is 0.251 e. The maximum atomic E-state index is 12.2. The van der Waals surface area contributed by atoms with Gasteiger partial charge in [-0.1, -0.05) is 12.1 Å². The van der Waals surface area contributed by atoms with Gasteiger partial charge in [-0.05, 0) is 48.9 Å². The molecule has 0 bridgehead atoms. The number of methoxy groups -OCH3 is 1. The van der Waals surface area contributed by atoms with Crippen molar-refractivity contribution >= 4 is 21.6 Å². The molecule has 0 spiro atoms. The van der Waals surface area contributed by atoms with Crippen molar-refractivity contribution in [3.8, 4) is 5.75 Å². The second kappa shape index (κ2) is 8.02. The minimum Gasteiger partial charge on any atom is -0.497 e. The number of carbonyl (C=O) groups excluding carboxylic acids is 1. The quantitative estimate of drug-likeness (QED) is 0.821. The molecule has 6 nitrogen and oxygen atoms in total. The molecule has 0 aliphatic carbocycles. The molecule has 0 saturated heterocycles. The minimum absolute atomic E-state index is 0.218. The van der Waals surface area contributed by atoms with E-state index in [0.717, 1.165) is 17.6 Å². The summed E-state index contributed by atoms with van der Waals surface area (Å²) in [5, 5.41) is 2.83. The highest BCUT2D eigenvalue weighted by molar-refractivity contribution is 7.92. The van der Waals surface area contributed by atoms with E-state index in [2.05, 4.69) is 5.32 Å². The Morgan fingerprint density at radius 1 is 1.08 bits per heavy atom. The largest absolute Gasteiger partial charge is 0.497 e. The average molecular weight is 362 g/mol. The van der Waals surface area contributed by atoms with Gasteiger partial charge in [-0.3, -0.25) is 9.10 Å². The molecule has 0 saturated carbocycles. The van der Waals surface area contributed by atoms with Gasteiger partial charge in [0.2, 0.25) is 10.0 Å². The van der Waals surface area contributed by atoms with Crippen molar-refractivity contribution in [1.82, 2.24) is 5.32 Å². The third-order valence-corrected chi connectivity index (χ3v) is 4.99. The van der Waals surface area contributed by atoms with E-state index in [9.17, 15) is 13.2 Å². The van der Waals surface area contributed by atoms with Gasteiger partial charge in [-0.25, -0.2) is 8.42 Å². The van der Waals surface area contributed by atoms with Crippen LogP contribution in [0.2, 0.25) is 0 Å². The molecule has 0 aliphatic heterocycles. The summed E-state index contributed by atoms with van der Waals surface area (Å²) in [6.07, 6.45) is 1.16. The first-order valence-corrected chi connectivity index (χ1v) is 9.69. The van der Waals surface area contributed by atoms with Crippen LogP contribution in [0.25, 0.3) is 0 Å². The molecule has 0 aliphatic rings. The zero-order valence-electron chi connectivity index (χ0n) is 14.5. The zero-order chi connectivity index (χ0) is 18.4. The van der Waals surface area contributed by atoms with Crippen LogP contribution in [0.1, 0.15) is 22.8 Å². The molecule has 1 amide bonds. The number of hydrogen-bond donors (Lipinski definition) is 1. The predicted octanol–water partition coefficient (Wildman–Crippen LogP) is 2.41. The van der Waals surface area contributed by atoms with Crippen LogP contribution < -0.4 is 14.4 Å². The number of amides is 1. The topological polar surface area (TPSA) is 75.7 Å². The fraction of sp³-hybridized carbons (Fsp3) is 0.278. The van der Waals surface area contributed by atoms with Crippen LogP contribution in [0, 0.1) is 0 Å². The third-order valence-electron chi connectivity index (χ3n) is 3.72. The van der Waals surface area contributed by atoms with Crippen molar-refractivity contribution in [2.45, 2.75) is 13.5 Å². The molecule has 7 heteroatoms. The molecule has 2 aromatic carbocycles. The molecule has 2 aromatic rings. The molecule has 0 atom stereocenters. The van der Waals surface area contributed by atoms with Crippen molar-refractivity contribution in [3.63, 3.8) is 0 Å². The lowest BCUT2D eigenvalue weighted by atomic mass is 10.1. The van der Waals surface area contributed by atoms with Crippen LogP contribution >= 0.6 is 0 Å². The van der Waals surface area contributed by atoms with Crippen molar-refractivity contribution in [1.29, 1.82) is 0 Å². The molecule has 0 fully saturated rings. The van der Waals surface area contributed by atoms with Gasteiger partial charge in [-0.2, -0.15) is 0 Å². The minimum atomic E-state index is -3.33. The van der Waals surface area contributed by atoms with Gasteiger partial charge < -0.3 is 10.1 Å². The monoisotopic (exact) mass is 362 g/mol. The van der Waals surface area contributed by atoms with Gasteiger partial charge in [-0.15, -0.1) is 0 Å². The Bertz CT molecular complexity index is 815. The second-order valence-electron chi connectivity index (χ2n) is 5.51. The van der Waals surface area contributed by atoms with Crippen molar-refractivity contribution in [2.24, 2.45) is 0 Å². The first-order chi connectivity index (χ1) is 11.8. The summed E-state index contributed by atoms with van der Waals surface area (Å²) in [6, 6.07) is 13.9. The van der Waals surface area contributed by atoms with E-state index in [1.54, 1.807) is 38.3 Å². The average Bonchev–Trinajstić information content (AvgIpc) is 2.60. The summed E-state index contributed by atoms with van der Waals surface area (Å²) >= 11 is 0. The highest BCUT2D eigenvalue weighted by Crippen LogP contribution is 2.18. The van der Waals surface area contributed by atoms with Crippen LogP contribution in [0.15, 0.2) is 48.5 Å². The normalized spacial score (nSPS) is 11.0. The fourth-order valence-electron chi connectivity index (χ4n) is 2.42. The Morgan fingerprint density at radius 3 is 2.16 bits per heavy atom. The Morgan fingerprint density at radius 2 is 1.68 bits per heavy atom. The van der Waals surface area contributed by atoms with Crippen LogP contribution in [0.3, 0.4) is 0 Å². The number of sulfonamides is 1. The van der Waals surface area contributed by atoms with E-state index in [-0.39, 0.29) is 5.91 Å². The molecule has 0 radical (unpaired) electrons. The molecule has 1 N–H and O–H groups in total. The van der Waals surface area contributed by atoms with Crippen LogP contribution in [0.4, 0.5) is 5.69 Å². The maximum absolute atomic E-state index is 12.2. The second-order valence-corrected chi connectivity index (χ2v) is 7.41. The summed E-state index contributed by atoms with van der Waals surface area (Å²) in [7, 11) is -1.73. The molecule has 134 valence electrons. The van der Waals surface area contributed by atoms with Crippen LogP contribution in [0.5, 0.6) is 5.75 Å². The number of ether oxygens (including phenoxy) is 1. The molecule has 0 heterocycles. The summed E-state index contributed by atoms with van der Waals surface area (Å²) in [6.45, 7) is 2.49. The fourth-order valence-corrected chi connectivity index (χ4v) is 3.39. The standard InChI is InChI=1S/C18H22N2O4S/c1-4-20(25(3,22)23)16-9-7-15(8-10-16)18(21)19-13-14-5-11-17(24-2)12-6-14/h5-12H,4,13H2,1-3H3,(H,19,21). The van der Waals surface area contributed by atoms with E-state index in [1.165, 1.54) is 4.31 Å². The van der Waals surface area contributed by atoms with Gasteiger partial charge in [0.05, 0.1) is 19.1 Å². The van der Waals surface area contributed by atoms with Gasteiger partial charge in [0, 0.05) is 18.7 Å². The number of benzene rings is 2. The molecule has 25 heavy (non-hydrogen) atoms. The van der Waals surface area contributed by atoms with Gasteiger partial charge in [0.15, 0.2) is 0 Å². The summed E-state index contributed by atoms with van der Waals surface area (Å²) in [4.78, 5) is 12.2. The maximum Gasteiger partial charge on any atom is 0.251 e. The summed E-state index contributed by atoms with van der Waals surface area (Å²) in [5.74, 6) is 0.543. The van der Waals surface area contributed by atoms with E-state index >= 15 is 0 Å². The Balaban J connectivity index is 2.02. The Hall–Kier alpha value is -2.54. The number of anilines is 1. The lowest BCUT2D eigenvalue weighted by Gasteiger charge is -2.20. The van der Waals surface area contributed by atoms with Crippen LogP contribution in [-0.4, -0.2) is 34.2 Å². The van der Waals surface area contributed by atoms with Crippen molar-refractivity contribution in [3.05, 3.63) is 59.7 Å². The lowest BCUT2D eigenvalue weighted by molar-refractivity contribution is 0.0951. The van der Waals surface area contributed by atoms with E-state index in [4.69, 9.17) is 4.74 Å². The van der Waals surface area contributed by atoms with Gasteiger partial charge >= 0.3 is 0 Å². The zero-order valence-corrected chi connectivity index (χ0v) is 15.3. The SMILES string of the molecule is CCN(c1ccc(C(=O)NCc2ccc(OC)cc2)cc1)S(C)(=O)=O. The third kappa shape index (κ3) is 4.96. The lowest BCUT2D eigenvalue weighted by Crippen LogP contribution is -2.29. The van der Waals surface area contributed by atoms with E-state index < -0.39 is 10.0 Å². The first kappa shape index (κ1) is 18.8. The highest BCUT2D eigenvalue weighted by atomic mass is 32.2. The molecule has 0 aromatic heterocycles. The van der Waals surface area contributed by atoms with Crippen molar-refractivity contribution in [2.75, 3.05) is 24.2 Å². The number of nitrogens with one attached hydrogen (secondary N) is 1.